The van der Waals surface area contributed by atoms with E-state index in [0.29, 0.717) is 10.0 Å². The summed E-state index contributed by atoms with van der Waals surface area (Å²) in [7, 11) is 2.16. The average Bonchev–Trinajstić information content (AvgIpc) is 2.88. The predicted molar refractivity (Wildman–Crippen MR) is 111 cm³/mol. The van der Waals surface area contributed by atoms with Gasteiger partial charge in [-0.05, 0) is 55.8 Å². The van der Waals surface area contributed by atoms with Crippen molar-refractivity contribution in [2.75, 3.05) is 13.6 Å². The van der Waals surface area contributed by atoms with Crippen LogP contribution in [0.3, 0.4) is 0 Å². The number of likely N-dealkylation sites (N-methyl/N-ethyl adjacent to an activating group) is 1. The monoisotopic (exact) mass is 385 g/mol. The molecule has 0 bridgehead atoms. The average molecular weight is 386 g/mol. The quantitative estimate of drug-likeness (QED) is 0.567. The van der Waals surface area contributed by atoms with Crippen LogP contribution in [0.4, 0.5) is 0 Å². The van der Waals surface area contributed by atoms with Gasteiger partial charge in [-0.2, -0.15) is 0 Å². The molecule has 1 aliphatic rings. The minimum atomic E-state index is 0.590. The van der Waals surface area contributed by atoms with Gasteiger partial charge in [-0.3, -0.25) is 4.98 Å². The molecule has 0 N–H and O–H groups in total. The summed E-state index contributed by atoms with van der Waals surface area (Å²) in [6, 6.07) is 8.14. The van der Waals surface area contributed by atoms with Gasteiger partial charge in [-0.1, -0.05) is 29.3 Å². The van der Waals surface area contributed by atoms with Crippen molar-refractivity contribution in [2.24, 2.45) is 0 Å². The van der Waals surface area contributed by atoms with Gasteiger partial charge in [0, 0.05) is 48.7 Å². The summed E-state index contributed by atoms with van der Waals surface area (Å²) in [6.45, 7) is 6.09. The first-order chi connectivity index (χ1) is 12.4. The van der Waals surface area contributed by atoms with E-state index in [4.69, 9.17) is 23.2 Å². The number of aromatic nitrogens is 2. The maximum atomic E-state index is 6.34. The first-order valence-electron chi connectivity index (χ1n) is 8.74. The molecule has 4 rings (SSSR count). The second kappa shape index (κ2) is 6.73. The largest absolute Gasteiger partial charge is 0.320 e. The third-order valence-electron chi connectivity index (χ3n) is 5.11. The molecule has 1 aliphatic heterocycles. The highest BCUT2D eigenvalue weighted by Crippen LogP contribution is 2.36. The number of aryl methyl sites for hydroxylation is 1. The fourth-order valence-corrected chi connectivity index (χ4v) is 3.96. The lowest BCUT2D eigenvalue weighted by Gasteiger charge is -2.23. The highest BCUT2D eigenvalue weighted by atomic mass is 35.5. The second-order valence-corrected chi connectivity index (χ2v) is 7.88. The third kappa shape index (κ3) is 3.05. The molecule has 3 nitrogen and oxygen atoms in total. The molecule has 0 radical (unpaired) electrons. The van der Waals surface area contributed by atoms with Gasteiger partial charge in [0.1, 0.15) is 0 Å². The first-order valence-corrected chi connectivity index (χ1v) is 9.50. The number of rotatable bonds is 2. The van der Waals surface area contributed by atoms with E-state index in [0.717, 1.165) is 36.3 Å². The molecular formula is C21H21Cl2N3. The molecule has 3 aromatic rings. The summed E-state index contributed by atoms with van der Waals surface area (Å²) in [5, 5.41) is 2.38. The molecular weight excluding hydrogens is 365 g/mol. The van der Waals surface area contributed by atoms with Gasteiger partial charge in [-0.15, -0.1) is 0 Å². The van der Waals surface area contributed by atoms with E-state index in [1.165, 1.54) is 22.2 Å². The van der Waals surface area contributed by atoms with Crippen LogP contribution < -0.4 is 0 Å². The van der Waals surface area contributed by atoms with Crippen LogP contribution in [0.5, 0.6) is 0 Å². The van der Waals surface area contributed by atoms with E-state index in [1.54, 1.807) is 0 Å². The fraction of sp³-hybridized carbons (Fsp3) is 0.286. The van der Waals surface area contributed by atoms with Crippen molar-refractivity contribution < 1.29 is 0 Å². The standard InChI is InChI=1S/C21H21Cl2N3/c1-13(15-5-4-14(2)24-10-15)11-26-20-6-7-25(3)12-17(20)16-8-18(22)19(23)9-21(16)26/h4-5,8-11H,6-7,12H2,1-3H3/b13-11+. The highest BCUT2D eigenvalue weighted by molar-refractivity contribution is 6.42. The van der Waals surface area contributed by atoms with Crippen LogP contribution in [0.2, 0.25) is 10.0 Å². The Labute approximate surface area is 163 Å². The van der Waals surface area contributed by atoms with Gasteiger partial charge < -0.3 is 9.47 Å². The Morgan fingerprint density at radius 2 is 1.96 bits per heavy atom. The van der Waals surface area contributed by atoms with Crippen molar-refractivity contribution in [1.29, 1.82) is 0 Å². The molecule has 3 heterocycles. The normalized spacial score (nSPS) is 15.5. The smallest absolute Gasteiger partial charge is 0.0613 e. The molecule has 0 aliphatic carbocycles. The van der Waals surface area contributed by atoms with Crippen LogP contribution in [0.25, 0.3) is 22.7 Å². The molecule has 0 atom stereocenters. The van der Waals surface area contributed by atoms with Crippen LogP contribution >= 0.6 is 23.2 Å². The number of allylic oxidation sites excluding steroid dienone is 1. The van der Waals surface area contributed by atoms with Crippen molar-refractivity contribution in [1.82, 2.24) is 14.5 Å². The molecule has 0 saturated heterocycles. The topological polar surface area (TPSA) is 21.1 Å². The number of halogens is 2. The SMILES string of the molecule is C/C(=C\n1c2c(c3cc(Cl)c(Cl)cc31)CN(C)CC2)c1ccc(C)nc1. The predicted octanol–water partition coefficient (Wildman–Crippen LogP) is 5.66. The molecule has 0 fully saturated rings. The summed E-state index contributed by atoms with van der Waals surface area (Å²) in [5.74, 6) is 0. The van der Waals surface area contributed by atoms with Crippen LogP contribution in [0.15, 0.2) is 30.5 Å². The lowest BCUT2D eigenvalue weighted by atomic mass is 10.1. The van der Waals surface area contributed by atoms with Crippen LogP contribution in [0.1, 0.15) is 29.4 Å². The molecule has 26 heavy (non-hydrogen) atoms. The van der Waals surface area contributed by atoms with Gasteiger partial charge in [0.15, 0.2) is 0 Å². The Hall–Kier alpha value is -1.81. The summed E-state index contributed by atoms with van der Waals surface area (Å²) >= 11 is 12.7. The molecule has 1 aromatic carbocycles. The number of nitrogens with zero attached hydrogens (tertiary/aromatic N) is 3. The van der Waals surface area contributed by atoms with Crippen LogP contribution in [-0.4, -0.2) is 28.0 Å². The van der Waals surface area contributed by atoms with E-state index in [-0.39, 0.29) is 0 Å². The van der Waals surface area contributed by atoms with Crippen molar-refractivity contribution >= 4 is 45.9 Å². The molecule has 0 amide bonds. The van der Waals surface area contributed by atoms with E-state index in [1.807, 2.05) is 31.3 Å². The van der Waals surface area contributed by atoms with Crippen LogP contribution in [0, 0.1) is 6.92 Å². The van der Waals surface area contributed by atoms with Crippen molar-refractivity contribution in [3.63, 3.8) is 0 Å². The fourth-order valence-electron chi connectivity index (χ4n) is 3.63. The zero-order valence-corrected chi connectivity index (χ0v) is 16.7. The van der Waals surface area contributed by atoms with Crippen LogP contribution in [-0.2, 0) is 13.0 Å². The molecule has 134 valence electrons. The zero-order valence-electron chi connectivity index (χ0n) is 15.2. The van der Waals surface area contributed by atoms with Crippen molar-refractivity contribution in [2.45, 2.75) is 26.8 Å². The van der Waals surface area contributed by atoms with Gasteiger partial charge in [0.05, 0.1) is 15.6 Å². The first kappa shape index (κ1) is 17.6. The number of benzene rings is 1. The Kier molecular flexibility index (Phi) is 4.55. The molecule has 0 saturated carbocycles. The van der Waals surface area contributed by atoms with E-state index in [9.17, 15) is 0 Å². The molecule has 5 heteroatoms. The Morgan fingerprint density at radius 3 is 2.69 bits per heavy atom. The molecule has 2 aromatic heterocycles. The Bertz CT molecular complexity index is 1020. The maximum absolute atomic E-state index is 6.34. The van der Waals surface area contributed by atoms with Gasteiger partial charge in [0.2, 0.25) is 0 Å². The number of fused-ring (bicyclic) bond motifs is 3. The second-order valence-electron chi connectivity index (χ2n) is 7.07. The minimum Gasteiger partial charge on any atom is -0.320 e. The number of hydrogen-bond acceptors (Lipinski definition) is 2. The van der Waals surface area contributed by atoms with Gasteiger partial charge >= 0.3 is 0 Å². The summed E-state index contributed by atoms with van der Waals surface area (Å²) in [4.78, 5) is 6.76. The van der Waals surface area contributed by atoms with Gasteiger partial charge in [-0.25, -0.2) is 0 Å². The minimum absolute atomic E-state index is 0.590. The summed E-state index contributed by atoms with van der Waals surface area (Å²) in [6.07, 6.45) is 5.13. The Balaban J connectivity index is 1.93. The number of pyridine rings is 1. The van der Waals surface area contributed by atoms with Crippen molar-refractivity contribution in [3.8, 4) is 0 Å². The lowest BCUT2D eigenvalue weighted by Crippen LogP contribution is -2.26. The molecule has 0 spiro atoms. The zero-order chi connectivity index (χ0) is 18.4. The number of hydrogen-bond donors (Lipinski definition) is 0. The highest BCUT2D eigenvalue weighted by Gasteiger charge is 2.22. The van der Waals surface area contributed by atoms with Crippen molar-refractivity contribution in [3.05, 3.63) is 63.0 Å². The molecule has 0 unspecified atom stereocenters. The maximum Gasteiger partial charge on any atom is 0.0613 e. The van der Waals surface area contributed by atoms with E-state index < -0.39 is 0 Å². The summed E-state index contributed by atoms with van der Waals surface area (Å²) in [5.41, 5.74) is 7.12. The lowest BCUT2D eigenvalue weighted by molar-refractivity contribution is 0.312. The summed E-state index contributed by atoms with van der Waals surface area (Å²) < 4.78 is 2.29. The Morgan fingerprint density at radius 1 is 1.19 bits per heavy atom. The van der Waals surface area contributed by atoms with Gasteiger partial charge in [0.25, 0.3) is 0 Å². The van der Waals surface area contributed by atoms with E-state index >= 15 is 0 Å². The third-order valence-corrected chi connectivity index (χ3v) is 5.83. The van der Waals surface area contributed by atoms with E-state index in [2.05, 4.69) is 40.7 Å².